The van der Waals surface area contributed by atoms with Gasteiger partial charge in [-0.1, -0.05) is 6.07 Å². The third-order valence-corrected chi connectivity index (χ3v) is 4.54. The molecule has 2 rings (SSSR count). The number of unbranched alkanes of at least 4 members (excludes halogenated alkanes) is 3. The number of nitrogens with two attached hydrogens (primary N) is 2. The summed E-state index contributed by atoms with van der Waals surface area (Å²) < 4.78 is 21.0. The summed E-state index contributed by atoms with van der Waals surface area (Å²) in [6, 6.07) is 10.1. The van der Waals surface area contributed by atoms with E-state index in [1.807, 2.05) is 6.07 Å². The Balaban J connectivity index is 1.65. The van der Waals surface area contributed by atoms with E-state index in [4.69, 9.17) is 25.7 Å². The van der Waals surface area contributed by atoms with Crippen LogP contribution in [0.3, 0.4) is 0 Å². The van der Waals surface area contributed by atoms with Crippen LogP contribution in [0.15, 0.2) is 42.5 Å². The molecule has 172 valence electrons. The summed E-state index contributed by atoms with van der Waals surface area (Å²) in [5.41, 5.74) is 13.4. The minimum Gasteiger partial charge on any atom is -0.493 e. The van der Waals surface area contributed by atoms with Crippen molar-refractivity contribution in [2.24, 2.45) is 0 Å². The van der Waals surface area contributed by atoms with Crippen molar-refractivity contribution >= 4 is 29.4 Å². The molecule has 0 aromatic heterocycles. The van der Waals surface area contributed by atoms with Gasteiger partial charge in [0.25, 0.3) is 0 Å². The van der Waals surface area contributed by atoms with Crippen molar-refractivity contribution in [3.8, 4) is 11.5 Å². The Bertz CT molecular complexity index is 922. The molecule has 0 saturated heterocycles. The molecule has 2 aromatic carbocycles. The molecule has 0 heterocycles. The zero-order valence-electron chi connectivity index (χ0n) is 18.5. The Labute approximate surface area is 188 Å². The van der Waals surface area contributed by atoms with Crippen molar-refractivity contribution in [1.29, 1.82) is 0 Å². The van der Waals surface area contributed by atoms with Crippen molar-refractivity contribution in [1.82, 2.24) is 0 Å². The molecule has 0 spiro atoms. The van der Waals surface area contributed by atoms with Crippen molar-refractivity contribution in [3.05, 3.63) is 53.6 Å². The molecule has 0 aliphatic carbocycles. The zero-order chi connectivity index (χ0) is 23.3. The molecular weight excluding hydrogens is 412 g/mol. The SMILES string of the molecule is COC(=O)C=Cc1ccc(OCCCCCCOC(=O)c2cc(N)cc(N)c2)c(OC)c1. The molecular formula is C24H30N2O6. The lowest BCUT2D eigenvalue weighted by molar-refractivity contribution is -0.134. The second-order valence-corrected chi connectivity index (χ2v) is 7.05. The molecule has 0 bridgehead atoms. The van der Waals surface area contributed by atoms with Crippen molar-refractivity contribution in [2.45, 2.75) is 25.7 Å². The molecule has 0 unspecified atom stereocenters. The fraction of sp³-hybridized carbons (Fsp3) is 0.333. The first kappa shape index (κ1) is 24.6. The minimum absolute atomic E-state index is 0.336. The van der Waals surface area contributed by atoms with E-state index in [0.717, 1.165) is 31.2 Å². The summed E-state index contributed by atoms with van der Waals surface area (Å²) >= 11 is 0. The highest BCUT2D eigenvalue weighted by Gasteiger charge is 2.09. The maximum Gasteiger partial charge on any atom is 0.338 e. The predicted octanol–water partition coefficient (Wildman–Crippen LogP) is 3.84. The second-order valence-electron chi connectivity index (χ2n) is 7.05. The minimum atomic E-state index is -0.427. The predicted molar refractivity (Wildman–Crippen MR) is 124 cm³/mol. The lowest BCUT2D eigenvalue weighted by atomic mass is 10.1. The molecule has 0 radical (unpaired) electrons. The number of hydrogen-bond donors (Lipinski definition) is 2. The highest BCUT2D eigenvalue weighted by Crippen LogP contribution is 2.28. The Morgan fingerprint density at radius 2 is 1.56 bits per heavy atom. The fourth-order valence-electron chi connectivity index (χ4n) is 2.92. The molecule has 0 fully saturated rings. The van der Waals surface area contributed by atoms with Gasteiger partial charge >= 0.3 is 11.9 Å². The molecule has 0 saturated carbocycles. The number of methoxy groups -OCH3 is 2. The van der Waals surface area contributed by atoms with E-state index in [1.54, 1.807) is 43.5 Å². The summed E-state index contributed by atoms with van der Waals surface area (Å²) in [5, 5.41) is 0. The van der Waals surface area contributed by atoms with Gasteiger partial charge in [0.1, 0.15) is 0 Å². The Morgan fingerprint density at radius 3 is 2.22 bits per heavy atom. The van der Waals surface area contributed by atoms with Crippen LogP contribution in [0, 0.1) is 0 Å². The number of benzene rings is 2. The van der Waals surface area contributed by atoms with E-state index in [1.165, 1.54) is 13.2 Å². The van der Waals surface area contributed by atoms with E-state index in [9.17, 15) is 9.59 Å². The smallest absolute Gasteiger partial charge is 0.338 e. The first-order valence-corrected chi connectivity index (χ1v) is 10.3. The highest BCUT2D eigenvalue weighted by molar-refractivity contribution is 5.91. The van der Waals surface area contributed by atoms with Gasteiger partial charge in [-0.05, 0) is 67.7 Å². The average Bonchev–Trinajstić information content (AvgIpc) is 2.78. The average molecular weight is 443 g/mol. The van der Waals surface area contributed by atoms with Gasteiger partial charge in [0, 0.05) is 17.5 Å². The van der Waals surface area contributed by atoms with E-state index in [2.05, 4.69) is 4.74 Å². The van der Waals surface area contributed by atoms with Crippen molar-refractivity contribution in [3.63, 3.8) is 0 Å². The topological polar surface area (TPSA) is 123 Å². The number of nitrogen functional groups attached to an aromatic ring is 2. The maximum atomic E-state index is 12.0. The molecule has 8 heteroatoms. The van der Waals surface area contributed by atoms with Crippen LogP contribution in [-0.2, 0) is 14.3 Å². The van der Waals surface area contributed by atoms with Gasteiger partial charge in [0.05, 0.1) is 33.0 Å². The Hall–Kier alpha value is -3.68. The van der Waals surface area contributed by atoms with Crippen LogP contribution < -0.4 is 20.9 Å². The van der Waals surface area contributed by atoms with Gasteiger partial charge < -0.3 is 30.4 Å². The standard InChI is InChI=1S/C24H30N2O6/c1-29-22-13-17(8-10-23(27)30-2)7-9-21(22)31-11-5-3-4-6-12-32-24(28)18-14-19(25)16-20(26)15-18/h7-10,13-16H,3-6,11-12,25-26H2,1-2H3. The summed E-state index contributed by atoms with van der Waals surface area (Å²) in [5.74, 6) is 0.377. The highest BCUT2D eigenvalue weighted by atomic mass is 16.5. The quantitative estimate of drug-likeness (QED) is 0.220. The van der Waals surface area contributed by atoms with Crippen LogP contribution >= 0.6 is 0 Å². The summed E-state index contributed by atoms with van der Waals surface area (Å²) in [6.45, 7) is 0.874. The van der Waals surface area contributed by atoms with Gasteiger partial charge in [-0.15, -0.1) is 0 Å². The normalized spacial score (nSPS) is 10.7. The molecule has 32 heavy (non-hydrogen) atoms. The Morgan fingerprint density at radius 1 is 0.875 bits per heavy atom. The van der Waals surface area contributed by atoms with Crippen molar-refractivity contribution in [2.75, 3.05) is 38.9 Å². The monoisotopic (exact) mass is 442 g/mol. The number of rotatable bonds is 12. The number of carbonyl (C=O) groups is 2. The van der Waals surface area contributed by atoms with E-state index < -0.39 is 11.9 Å². The molecule has 0 aliphatic rings. The van der Waals surface area contributed by atoms with Crippen LogP contribution in [0.4, 0.5) is 11.4 Å². The molecule has 8 nitrogen and oxygen atoms in total. The van der Waals surface area contributed by atoms with E-state index >= 15 is 0 Å². The largest absolute Gasteiger partial charge is 0.493 e. The number of esters is 2. The van der Waals surface area contributed by atoms with Gasteiger partial charge in [-0.2, -0.15) is 0 Å². The third kappa shape index (κ3) is 8.22. The first-order chi connectivity index (χ1) is 15.4. The summed E-state index contributed by atoms with van der Waals surface area (Å²) in [7, 11) is 2.89. The number of carbonyl (C=O) groups excluding carboxylic acids is 2. The zero-order valence-corrected chi connectivity index (χ0v) is 18.5. The lowest BCUT2D eigenvalue weighted by Crippen LogP contribution is -2.08. The third-order valence-electron chi connectivity index (χ3n) is 4.54. The van der Waals surface area contributed by atoms with Crippen LogP contribution in [-0.4, -0.2) is 39.4 Å². The van der Waals surface area contributed by atoms with Crippen LogP contribution in [0.1, 0.15) is 41.6 Å². The van der Waals surface area contributed by atoms with Crippen LogP contribution in [0.25, 0.3) is 6.08 Å². The molecule has 4 N–H and O–H groups in total. The van der Waals surface area contributed by atoms with Gasteiger partial charge in [0.2, 0.25) is 0 Å². The summed E-state index contributed by atoms with van der Waals surface area (Å²) in [4.78, 5) is 23.2. The van der Waals surface area contributed by atoms with Gasteiger partial charge in [-0.25, -0.2) is 9.59 Å². The van der Waals surface area contributed by atoms with Crippen LogP contribution in [0.5, 0.6) is 11.5 Å². The molecule has 2 aromatic rings. The van der Waals surface area contributed by atoms with Crippen LogP contribution in [0.2, 0.25) is 0 Å². The molecule has 0 atom stereocenters. The number of anilines is 2. The van der Waals surface area contributed by atoms with Crippen molar-refractivity contribution < 1.29 is 28.5 Å². The second kappa shape index (κ2) is 12.9. The summed E-state index contributed by atoms with van der Waals surface area (Å²) in [6.07, 6.45) is 6.44. The lowest BCUT2D eigenvalue weighted by Gasteiger charge is -2.11. The van der Waals surface area contributed by atoms with E-state index in [0.29, 0.717) is 41.7 Å². The van der Waals surface area contributed by atoms with Gasteiger partial charge in [-0.3, -0.25) is 0 Å². The first-order valence-electron chi connectivity index (χ1n) is 10.3. The number of ether oxygens (including phenoxy) is 4. The van der Waals surface area contributed by atoms with E-state index in [-0.39, 0.29) is 0 Å². The fourth-order valence-corrected chi connectivity index (χ4v) is 2.92. The Kier molecular flexibility index (Phi) is 9.90. The molecule has 0 aliphatic heterocycles. The van der Waals surface area contributed by atoms with Gasteiger partial charge in [0.15, 0.2) is 11.5 Å². The number of hydrogen-bond acceptors (Lipinski definition) is 8. The molecule has 0 amide bonds. The maximum absolute atomic E-state index is 12.0.